The fourth-order valence-corrected chi connectivity index (χ4v) is 3.38. The fraction of sp³-hybridized carbons (Fsp3) is 0.286. The van der Waals surface area contributed by atoms with Gasteiger partial charge in [0.2, 0.25) is 5.91 Å². The summed E-state index contributed by atoms with van der Waals surface area (Å²) in [5.74, 6) is -0.515. The van der Waals surface area contributed by atoms with Crippen LogP contribution in [0.3, 0.4) is 0 Å². The van der Waals surface area contributed by atoms with Gasteiger partial charge in [0.15, 0.2) is 0 Å². The second-order valence-corrected chi connectivity index (χ2v) is 7.06. The van der Waals surface area contributed by atoms with E-state index in [1.165, 1.54) is 4.90 Å². The van der Waals surface area contributed by atoms with Crippen LogP contribution in [0, 0.1) is 6.92 Å². The van der Waals surface area contributed by atoms with E-state index in [9.17, 15) is 14.4 Å². The Bertz CT molecular complexity index is 860. The highest BCUT2D eigenvalue weighted by Gasteiger charge is 2.34. The van der Waals surface area contributed by atoms with Crippen molar-refractivity contribution in [3.63, 3.8) is 0 Å². The molecule has 0 saturated heterocycles. The van der Waals surface area contributed by atoms with Crippen LogP contribution in [0.1, 0.15) is 52.0 Å². The molecule has 140 valence electrons. The molecule has 0 spiro atoms. The molecule has 0 fully saturated rings. The first-order chi connectivity index (χ1) is 13.0. The van der Waals surface area contributed by atoms with E-state index in [4.69, 9.17) is 11.6 Å². The summed E-state index contributed by atoms with van der Waals surface area (Å²) in [6.45, 7) is 2.27. The summed E-state index contributed by atoms with van der Waals surface area (Å²) in [5.41, 5.74) is 2.62. The highest BCUT2D eigenvalue weighted by molar-refractivity contribution is 6.30. The van der Waals surface area contributed by atoms with E-state index in [1.807, 2.05) is 6.92 Å². The first-order valence-electron chi connectivity index (χ1n) is 8.98. The minimum Gasteiger partial charge on any atom is -0.326 e. The number of imide groups is 1. The zero-order chi connectivity index (χ0) is 19.4. The van der Waals surface area contributed by atoms with Gasteiger partial charge < -0.3 is 5.32 Å². The van der Waals surface area contributed by atoms with Crippen LogP contribution in [0.4, 0.5) is 5.69 Å². The van der Waals surface area contributed by atoms with Gasteiger partial charge in [-0.1, -0.05) is 30.2 Å². The minimum atomic E-state index is -0.230. The molecule has 0 radical (unpaired) electrons. The van der Waals surface area contributed by atoms with Gasteiger partial charge in [-0.15, -0.1) is 0 Å². The highest BCUT2D eigenvalue weighted by atomic mass is 35.5. The van der Waals surface area contributed by atoms with E-state index in [-0.39, 0.29) is 17.7 Å². The van der Waals surface area contributed by atoms with Crippen molar-refractivity contribution >= 4 is 35.0 Å². The number of rotatable bonds is 7. The van der Waals surface area contributed by atoms with Crippen molar-refractivity contribution < 1.29 is 14.4 Å². The Labute approximate surface area is 163 Å². The summed E-state index contributed by atoms with van der Waals surface area (Å²) in [6.07, 6.45) is 2.53. The molecule has 27 heavy (non-hydrogen) atoms. The summed E-state index contributed by atoms with van der Waals surface area (Å²) in [7, 11) is 0. The van der Waals surface area contributed by atoms with Crippen LogP contribution in [0.15, 0.2) is 42.5 Å². The number of anilines is 1. The summed E-state index contributed by atoms with van der Waals surface area (Å²) in [5, 5.41) is 3.52. The zero-order valence-electron chi connectivity index (χ0n) is 15.1. The number of nitrogens with zero attached hydrogens (tertiary/aromatic N) is 1. The first kappa shape index (κ1) is 19.1. The quantitative estimate of drug-likeness (QED) is 0.566. The van der Waals surface area contributed by atoms with Crippen LogP contribution in [0.2, 0.25) is 5.02 Å². The molecule has 0 unspecified atom stereocenters. The predicted molar refractivity (Wildman–Crippen MR) is 105 cm³/mol. The number of carbonyl (C=O) groups excluding carboxylic acids is 3. The fourth-order valence-electron chi connectivity index (χ4n) is 3.15. The molecule has 1 N–H and O–H groups in total. The second kappa shape index (κ2) is 8.35. The van der Waals surface area contributed by atoms with Crippen LogP contribution in [-0.4, -0.2) is 29.2 Å². The van der Waals surface area contributed by atoms with Crippen LogP contribution < -0.4 is 5.32 Å². The van der Waals surface area contributed by atoms with Crippen molar-refractivity contribution in [2.75, 3.05) is 11.9 Å². The number of carbonyl (C=O) groups is 3. The lowest BCUT2D eigenvalue weighted by molar-refractivity contribution is -0.116. The molecule has 0 aliphatic carbocycles. The van der Waals surface area contributed by atoms with E-state index >= 15 is 0 Å². The molecule has 5 nitrogen and oxygen atoms in total. The van der Waals surface area contributed by atoms with Crippen molar-refractivity contribution in [2.24, 2.45) is 0 Å². The molecule has 0 saturated carbocycles. The minimum absolute atomic E-state index is 0.0545. The smallest absolute Gasteiger partial charge is 0.261 e. The zero-order valence-corrected chi connectivity index (χ0v) is 15.9. The van der Waals surface area contributed by atoms with Gasteiger partial charge in [0.25, 0.3) is 11.8 Å². The Hall–Kier alpha value is -2.66. The molecular weight excluding hydrogens is 364 g/mol. The van der Waals surface area contributed by atoms with Crippen LogP contribution in [-0.2, 0) is 4.79 Å². The van der Waals surface area contributed by atoms with Gasteiger partial charge >= 0.3 is 0 Å². The Morgan fingerprint density at radius 2 is 1.67 bits per heavy atom. The van der Waals surface area contributed by atoms with E-state index in [1.54, 1.807) is 42.5 Å². The van der Waals surface area contributed by atoms with E-state index in [0.717, 1.165) is 17.7 Å². The number of unbranched alkanes of at least 4 members (excludes halogenated alkanes) is 2. The number of fused-ring (bicyclic) bond motifs is 1. The van der Waals surface area contributed by atoms with Gasteiger partial charge in [0.1, 0.15) is 0 Å². The Balaban J connectivity index is 1.40. The van der Waals surface area contributed by atoms with Crippen molar-refractivity contribution in [1.29, 1.82) is 0 Å². The molecule has 1 heterocycles. The summed E-state index contributed by atoms with van der Waals surface area (Å²) >= 11 is 5.91. The van der Waals surface area contributed by atoms with Gasteiger partial charge in [-0.2, -0.15) is 0 Å². The molecule has 2 aromatic rings. The molecule has 0 bridgehead atoms. The van der Waals surface area contributed by atoms with Crippen LogP contribution >= 0.6 is 11.6 Å². The predicted octanol–water partition coefficient (Wildman–Crippen LogP) is 4.44. The SMILES string of the molecule is Cc1cc(Cl)ccc1NC(=O)CCCCCN1C(=O)c2ccccc2C1=O. The maximum atomic E-state index is 12.3. The van der Waals surface area contributed by atoms with Gasteiger partial charge in [-0.3, -0.25) is 19.3 Å². The van der Waals surface area contributed by atoms with Gasteiger partial charge in [0.05, 0.1) is 11.1 Å². The van der Waals surface area contributed by atoms with Gasteiger partial charge in [0, 0.05) is 23.7 Å². The number of amides is 3. The van der Waals surface area contributed by atoms with Crippen molar-refractivity contribution in [2.45, 2.75) is 32.6 Å². The van der Waals surface area contributed by atoms with Gasteiger partial charge in [-0.25, -0.2) is 0 Å². The van der Waals surface area contributed by atoms with Crippen LogP contribution in [0.25, 0.3) is 0 Å². The molecule has 0 atom stereocenters. The number of halogens is 1. The topological polar surface area (TPSA) is 66.5 Å². The van der Waals surface area contributed by atoms with Crippen molar-refractivity contribution in [1.82, 2.24) is 4.90 Å². The molecule has 3 rings (SSSR count). The molecule has 3 amide bonds. The molecule has 2 aromatic carbocycles. The second-order valence-electron chi connectivity index (χ2n) is 6.63. The lowest BCUT2D eigenvalue weighted by atomic mass is 10.1. The Kier molecular flexibility index (Phi) is 5.91. The monoisotopic (exact) mass is 384 g/mol. The Morgan fingerprint density at radius 3 is 2.30 bits per heavy atom. The highest BCUT2D eigenvalue weighted by Crippen LogP contribution is 2.23. The molecule has 1 aliphatic heterocycles. The van der Waals surface area contributed by atoms with Crippen molar-refractivity contribution in [3.8, 4) is 0 Å². The average Bonchev–Trinajstić information content (AvgIpc) is 2.89. The normalized spacial score (nSPS) is 13.0. The number of nitrogens with one attached hydrogen (secondary N) is 1. The number of aryl methyl sites for hydroxylation is 1. The van der Waals surface area contributed by atoms with E-state index < -0.39 is 0 Å². The third-order valence-electron chi connectivity index (χ3n) is 4.63. The maximum absolute atomic E-state index is 12.3. The average molecular weight is 385 g/mol. The largest absolute Gasteiger partial charge is 0.326 e. The van der Waals surface area contributed by atoms with Crippen LogP contribution in [0.5, 0.6) is 0 Å². The lowest BCUT2D eigenvalue weighted by Crippen LogP contribution is -2.30. The van der Waals surface area contributed by atoms with Gasteiger partial charge in [-0.05, 0) is 55.7 Å². The summed E-state index contributed by atoms with van der Waals surface area (Å²) < 4.78 is 0. The standard InChI is InChI=1S/C21H21ClN2O3/c1-14-13-15(22)10-11-18(14)23-19(25)9-3-2-6-12-24-20(26)16-7-4-5-8-17(16)21(24)27/h4-5,7-8,10-11,13H,2-3,6,9,12H2,1H3,(H,23,25). The number of benzene rings is 2. The summed E-state index contributed by atoms with van der Waals surface area (Å²) in [4.78, 5) is 37.9. The van der Waals surface area contributed by atoms with Crippen molar-refractivity contribution in [3.05, 3.63) is 64.2 Å². The number of hydrogen-bond donors (Lipinski definition) is 1. The molecular formula is C21H21ClN2O3. The third kappa shape index (κ3) is 4.37. The Morgan fingerprint density at radius 1 is 1.00 bits per heavy atom. The molecule has 1 aliphatic rings. The molecule has 0 aromatic heterocycles. The third-order valence-corrected chi connectivity index (χ3v) is 4.86. The molecule has 6 heteroatoms. The number of hydrogen-bond acceptors (Lipinski definition) is 3. The first-order valence-corrected chi connectivity index (χ1v) is 9.36. The van der Waals surface area contributed by atoms with E-state index in [0.29, 0.717) is 42.0 Å². The van der Waals surface area contributed by atoms with E-state index in [2.05, 4.69) is 5.32 Å². The maximum Gasteiger partial charge on any atom is 0.261 e. The summed E-state index contributed by atoms with van der Waals surface area (Å²) in [6, 6.07) is 12.2. The lowest BCUT2D eigenvalue weighted by Gasteiger charge is -2.13.